The third kappa shape index (κ3) is 6.73. The zero-order valence-electron chi connectivity index (χ0n) is 16.4. The van der Waals surface area contributed by atoms with Crippen molar-refractivity contribution >= 4 is 23.4 Å². The quantitative estimate of drug-likeness (QED) is 0.545. The van der Waals surface area contributed by atoms with Gasteiger partial charge in [0, 0.05) is 24.1 Å². The number of ether oxygens (including phenoxy) is 1. The van der Waals surface area contributed by atoms with Crippen LogP contribution in [0.4, 0.5) is 4.39 Å². The molecule has 0 radical (unpaired) electrons. The molecule has 0 heterocycles. The standard InChI is InChI=1S/C21H25ClFN3O3/c1-3-17(26-13(2)11-19(28)25-12-18(24)27)15-9-10-16(22)21(20(15)23)29-14-7-5-4-6-8-14/h4-10,13,17,26H,3,11-12H2,1-2H3,(H2,24,27)(H,25,28)/t13-,17+/m0/s1. The van der Waals surface area contributed by atoms with Crippen molar-refractivity contribution < 1.29 is 18.7 Å². The first-order valence-corrected chi connectivity index (χ1v) is 9.71. The Morgan fingerprint density at radius 1 is 1.21 bits per heavy atom. The number of carbonyl (C=O) groups excluding carboxylic acids is 2. The van der Waals surface area contributed by atoms with Crippen molar-refractivity contribution in [2.24, 2.45) is 5.73 Å². The van der Waals surface area contributed by atoms with Crippen LogP contribution in [0, 0.1) is 5.82 Å². The SMILES string of the molecule is CC[C@@H](N[C@@H](C)CC(=O)NCC(N)=O)c1ccc(Cl)c(Oc2ccccc2)c1F. The number of para-hydroxylation sites is 1. The summed E-state index contributed by atoms with van der Waals surface area (Å²) < 4.78 is 20.9. The summed E-state index contributed by atoms with van der Waals surface area (Å²) in [6.45, 7) is 3.50. The number of benzene rings is 2. The lowest BCUT2D eigenvalue weighted by atomic mass is 10.0. The van der Waals surface area contributed by atoms with Crippen molar-refractivity contribution in [1.82, 2.24) is 10.6 Å². The van der Waals surface area contributed by atoms with Crippen LogP contribution in [0.1, 0.15) is 38.3 Å². The van der Waals surface area contributed by atoms with E-state index in [1.807, 2.05) is 19.9 Å². The molecule has 0 aliphatic heterocycles. The zero-order chi connectivity index (χ0) is 21.4. The molecule has 2 rings (SSSR count). The molecule has 2 amide bonds. The molecule has 0 spiro atoms. The lowest BCUT2D eigenvalue weighted by Gasteiger charge is -2.24. The van der Waals surface area contributed by atoms with Crippen molar-refractivity contribution in [2.45, 2.75) is 38.8 Å². The molecule has 156 valence electrons. The van der Waals surface area contributed by atoms with E-state index in [9.17, 15) is 9.59 Å². The Morgan fingerprint density at radius 3 is 2.52 bits per heavy atom. The van der Waals surface area contributed by atoms with Crippen LogP contribution in [0.25, 0.3) is 0 Å². The van der Waals surface area contributed by atoms with Gasteiger partial charge in [-0.05, 0) is 31.5 Å². The highest BCUT2D eigenvalue weighted by Crippen LogP contribution is 2.36. The van der Waals surface area contributed by atoms with Gasteiger partial charge in [0.25, 0.3) is 0 Å². The van der Waals surface area contributed by atoms with E-state index in [1.54, 1.807) is 36.4 Å². The molecule has 0 aliphatic rings. The number of carbonyl (C=O) groups is 2. The van der Waals surface area contributed by atoms with E-state index in [4.69, 9.17) is 22.1 Å². The van der Waals surface area contributed by atoms with Gasteiger partial charge in [0.1, 0.15) is 5.75 Å². The Labute approximate surface area is 174 Å². The Bertz CT molecular complexity index is 849. The van der Waals surface area contributed by atoms with Crippen molar-refractivity contribution in [3.63, 3.8) is 0 Å². The van der Waals surface area contributed by atoms with Crippen LogP contribution >= 0.6 is 11.6 Å². The number of amides is 2. The minimum atomic E-state index is -0.612. The molecule has 0 saturated heterocycles. The predicted octanol–water partition coefficient (Wildman–Crippen LogP) is 3.69. The van der Waals surface area contributed by atoms with Gasteiger partial charge >= 0.3 is 0 Å². The number of hydrogen-bond donors (Lipinski definition) is 3. The molecular formula is C21H25ClFN3O3. The van der Waals surface area contributed by atoms with Gasteiger partial charge in [0.05, 0.1) is 11.6 Å². The van der Waals surface area contributed by atoms with Crippen molar-refractivity contribution in [1.29, 1.82) is 0 Å². The van der Waals surface area contributed by atoms with Gasteiger partial charge in [-0.2, -0.15) is 0 Å². The van der Waals surface area contributed by atoms with Crippen LogP contribution < -0.4 is 21.1 Å². The van der Waals surface area contributed by atoms with Crippen molar-refractivity contribution in [2.75, 3.05) is 6.54 Å². The summed E-state index contributed by atoms with van der Waals surface area (Å²) in [5, 5.41) is 5.84. The van der Waals surface area contributed by atoms with Crippen molar-refractivity contribution in [3.8, 4) is 11.5 Å². The van der Waals surface area contributed by atoms with Crippen LogP contribution in [0.2, 0.25) is 5.02 Å². The van der Waals surface area contributed by atoms with Gasteiger partial charge in [0.2, 0.25) is 11.8 Å². The molecule has 0 bridgehead atoms. The van der Waals surface area contributed by atoms with Gasteiger partial charge in [-0.1, -0.05) is 42.8 Å². The minimum absolute atomic E-state index is 0.0394. The zero-order valence-corrected chi connectivity index (χ0v) is 17.1. The number of nitrogens with two attached hydrogens (primary N) is 1. The molecule has 0 aliphatic carbocycles. The van der Waals surface area contributed by atoms with Crippen LogP contribution in [0.15, 0.2) is 42.5 Å². The maximum Gasteiger partial charge on any atom is 0.236 e. The maximum absolute atomic E-state index is 15.2. The Kier molecular flexibility index (Phi) is 8.42. The molecule has 0 saturated carbocycles. The molecule has 2 atom stereocenters. The molecule has 8 heteroatoms. The van der Waals surface area contributed by atoms with Gasteiger partial charge in [-0.3, -0.25) is 9.59 Å². The average Bonchev–Trinajstić information content (AvgIpc) is 2.69. The van der Waals surface area contributed by atoms with E-state index < -0.39 is 11.7 Å². The second-order valence-electron chi connectivity index (χ2n) is 6.67. The fourth-order valence-corrected chi connectivity index (χ4v) is 3.07. The summed E-state index contributed by atoms with van der Waals surface area (Å²) in [4.78, 5) is 22.6. The maximum atomic E-state index is 15.2. The number of halogens is 2. The third-order valence-corrected chi connectivity index (χ3v) is 4.56. The van der Waals surface area contributed by atoms with E-state index in [0.717, 1.165) is 0 Å². The largest absolute Gasteiger partial charge is 0.453 e. The fraction of sp³-hybridized carbons (Fsp3) is 0.333. The Morgan fingerprint density at radius 2 is 1.90 bits per heavy atom. The summed E-state index contributed by atoms with van der Waals surface area (Å²) in [7, 11) is 0. The molecule has 0 fully saturated rings. The van der Waals surface area contributed by atoms with E-state index >= 15 is 4.39 Å². The molecule has 2 aromatic rings. The first kappa shape index (κ1) is 22.6. The monoisotopic (exact) mass is 421 g/mol. The number of rotatable bonds is 10. The minimum Gasteiger partial charge on any atom is -0.453 e. The van der Waals surface area contributed by atoms with Gasteiger partial charge < -0.3 is 21.1 Å². The molecule has 0 aromatic heterocycles. The van der Waals surface area contributed by atoms with Crippen LogP contribution in [-0.2, 0) is 9.59 Å². The second-order valence-corrected chi connectivity index (χ2v) is 7.08. The third-order valence-electron chi connectivity index (χ3n) is 4.26. The lowest BCUT2D eigenvalue weighted by molar-refractivity contribution is -0.125. The molecule has 6 nitrogen and oxygen atoms in total. The van der Waals surface area contributed by atoms with Gasteiger partial charge in [0.15, 0.2) is 11.6 Å². The first-order valence-electron chi connectivity index (χ1n) is 9.33. The van der Waals surface area contributed by atoms with E-state index in [1.165, 1.54) is 0 Å². The molecule has 4 N–H and O–H groups in total. The van der Waals surface area contributed by atoms with E-state index in [-0.39, 0.29) is 41.7 Å². The predicted molar refractivity (Wildman–Crippen MR) is 110 cm³/mol. The van der Waals surface area contributed by atoms with Gasteiger partial charge in [-0.15, -0.1) is 0 Å². The highest BCUT2D eigenvalue weighted by Gasteiger charge is 2.22. The average molecular weight is 422 g/mol. The molecule has 29 heavy (non-hydrogen) atoms. The summed E-state index contributed by atoms with van der Waals surface area (Å²) in [6, 6.07) is 11.4. The van der Waals surface area contributed by atoms with E-state index in [2.05, 4.69) is 10.6 Å². The highest BCUT2D eigenvalue weighted by atomic mass is 35.5. The van der Waals surface area contributed by atoms with Gasteiger partial charge in [-0.25, -0.2) is 4.39 Å². The molecular weight excluding hydrogens is 397 g/mol. The van der Waals surface area contributed by atoms with Crippen molar-refractivity contribution in [3.05, 3.63) is 58.9 Å². The highest BCUT2D eigenvalue weighted by molar-refractivity contribution is 6.32. The Hall–Kier alpha value is -2.64. The molecule has 0 unspecified atom stereocenters. The normalized spacial score (nSPS) is 12.8. The fourth-order valence-electron chi connectivity index (χ4n) is 2.88. The van der Waals surface area contributed by atoms with E-state index in [0.29, 0.717) is 17.7 Å². The summed E-state index contributed by atoms with van der Waals surface area (Å²) in [5.41, 5.74) is 5.41. The summed E-state index contributed by atoms with van der Waals surface area (Å²) in [6.07, 6.45) is 0.697. The Balaban J connectivity index is 2.13. The lowest BCUT2D eigenvalue weighted by Crippen LogP contribution is -2.38. The van der Waals surface area contributed by atoms with Crippen LogP contribution in [-0.4, -0.2) is 24.4 Å². The second kappa shape index (κ2) is 10.8. The topological polar surface area (TPSA) is 93.5 Å². The summed E-state index contributed by atoms with van der Waals surface area (Å²) >= 11 is 6.16. The smallest absolute Gasteiger partial charge is 0.236 e. The number of primary amides is 1. The molecule has 2 aromatic carbocycles. The first-order chi connectivity index (χ1) is 13.8. The number of hydrogen-bond acceptors (Lipinski definition) is 4. The van der Waals surface area contributed by atoms with Crippen LogP contribution in [0.5, 0.6) is 11.5 Å². The summed E-state index contributed by atoms with van der Waals surface area (Å²) in [5.74, 6) is -1.04. The van der Waals surface area contributed by atoms with Crippen LogP contribution in [0.3, 0.4) is 0 Å². The number of nitrogens with one attached hydrogen (secondary N) is 2.